The molecular weight excluding hydrogens is 220 g/mol. The van der Waals surface area contributed by atoms with Crippen molar-refractivity contribution in [3.63, 3.8) is 0 Å². The van der Waals surface area contributed by atoms with E-state index in [9.17, 15) is 8.42 Å². The first-order valence-corrected chi connectivity index (χ1v) is 6.43. The van der Waals surface area contributed by atoms with E-state index in [1.165, 1.54) is 5.75 Å². The smallest absolute Gasteiger partial charge is 0.187 e. The van der Waals surface area contributed by atoms with Gasteiger partial charge in [-0.15, -0.1) is 0 Å². The van der Waals surface area contributed by atoms with E-state index in [-0.39, 0.29) is 0 Å². The third kappa shape index (κ3) is 2.49. The average molecular weight is 231 g/mol. The third-order valence-corrected chi connectivity index (χ3v) is 3.67. The van der Waals surface area contributed by atoms with E-state index < -0.39 is 9.84 Å². The molecule has 0 aliphatic rings. The highest BCUT2D eigenvalue weighted by atomic mass is 32.2. The molecular formula is C13H11O2S. The SMILES string of the molecule is O=S(=O)([CH]c1ccccc1)c1ccccc1. The molecule has 0 bridgehead atoms. The Morgan fingerprint density at radius 2 is 1.25 bits per heavy atom. The highest BCUT2D eigenvalue weighted by molar-refractivity contribution is 7.93. The summed E-state index contributed by atoms with van der Waals surface area (Å²) < 4.78 is 23.9. The van der Waals surface area contributed by atoms with Crippen molar-refractivity contribution in [1.29, 1.82) is 0 Å². The van der Waals surface area contributed by atoms with Gasteiger partial charge < -0.3 is 0 Å². The van der Waals surface area contributed by atoms with Gasteiger partial charge in [-0.25, -0.2) is 8.42 Å². The minimum absolute atomic E-state index is 0.318. The van der Waals surface area contributed by atoms with Crippen molar-refractivity contribution >= 4 is 9.84 Å². The van der Waals surface area contributed by atoms with Crippen LogP contribution in [0.15, 0.2) is 65.6 Å². The summed E-state index contributed by atoms with van der Waals surface area (Å²) in [5, 5.41) is 0. The first-order chi connectivity index (χ1) is 7.68. The Morgan fingerprint density at radius 3 is 1.81 bits per heavy atom. The van der Waals surface area contributed by atoms with E-state index in [1.54, 1.807) is 42.5 Å². The highest BCUT2D eigenvalue weighted by Gasteiger charge is 2.14. The van der Waals surface area contributed by atoms with E-state index in [0.717, 1.165) is 0 Å². The highest BCUT2D eigenvalue weighted by Crippen LogP contribution is 2.17. The number of hydrogen-bond acceptors (Lipinski definition) is 2. The van der Waals surface area contributed by atoms with E-state index in [2.05, 4.69) is 0 Å². The van der Waals surface area contributed by atoms with Crippen LogP contribution in [0.4, 0.5) is 0 Å². The van der Waals surface area contributed by atoms with Crippen LogP contribution < -0.4 is 0 Å². The maximum atomic E-state index is 11.9. The van der Waals surface area contributed by atoms with E-state index >= 15 is 0 Å². The molecule has 0 heterocycles. The summed E-state index contributed by atoms with van der Waals surface area (Å²) in [6.07, 6.45) is 0. The van der Waals surface area contributed by atoms with Gasteiger partial charge in [-0.3, -0.25) is 0 Å². The molecule has 2 aromatic carbocycles. The van der Waals surface area contributed by atoms with Crippen molar-refractivity contribution < 1.29 is 8.42 Å². The van der Waals surface area contributed by atoms with E-state index in [1.807, 2.05) is 18.2 Å². The van der Waals surface area contributed by atoms with Crippen LogP contribution in [-0.4, -0.2) is 8.42 Å². The molecule has 1 radical (unpaired) electrons. The first kappa shape index (κ1) is 10.9. The zero-order chi connectivity index (χ0) is 11.4. The van der Waals surface area contributed by atoms with Crippen LogP contribution in [0.25, 0.3) is 0 Å². The minimum atomic E-state index is -3.34. The Labute approximate surface area is 95.5 Å². The van der Waals surface area contributed by atoms with Crippen molar-refractivity contribution in [1.82, 2.24) is 0 Å². The van der Waals surface area contributed by atoms with Gasteiger partial charge >= 0.3 is 0 Å². The van der Waals surface area contributed by atoms with Crippen LogP contribution in [0.5, 0.6) is 0 Å². The fourth-order valence-corrected chi connectivity index (χ4v) is 2.58. The molecule has 0 atom stereocenters. The lowest BCUT2D eigenvalue weighted by atomic mass is 10.2. The molecule has 0 unspecified atom stereocenters. The molecule has 0 aromatic heterocycles. The van der Waals surface area contributed by atoms with Gasteiger partial charge in [-0.1, -0.05) is 48.5 Å². The van der Waals surface area contributed by atoms with Crippen molar-refractivity contribution in [2.45, 2.75) is 4.90 Å². The van der Waals surface area contributed by atoms with Crippen LogP contribution >= 0.6 is 0 Å². The third-order valence-electron chi connectivity index (χ3n) is 2.16. The summed E-state index contributed by atoms with van der Waals surface area (Å²) in [7, 11) is -3.34. The number of sulfone groups is 1. The van der Waals surface area contributed by atoms with Crippen molar-refractivity contribution in [2.75, 3.05) is 0 Å². The first-order valence-electron chi connectivity index (χ1n) is 4.88. The zero-order valence-electron chi connectivity index (χ0n) is 8.58. The molecule has 16 heavy (non-hydrogen) atoms. The van der Waals surface area contributed by atoms with Crippen LogP contribution in [0.2, 0.25) is 0 Å². The van der Waals surface area contributed by atoms with Crippen molar-refractivity contribution in [3.8, 4) is 0 Å². The molecule has 0 saturated heterocycles. The Morgan fingerprint density at radius 1 is 0.750 bits per heavy atom. The standard InChI is InChI=1S/C13H11O2S/c14-16(15,13-9-5-2-6-10-13)11-12-7-3-1-4-8-12/h1-11H. The minimum Gasteiger partial charge on any atom is -0.223 e. The lowest BCUT2D eigenvalue weighted by Gasteiger charge is -2.03. The maximum Gasteiger partial charge on any atom is 0.187 e. The Balaban J connectivity index is 2.29. The molecule has 0 amide bonds. The summed E-state index contributed by atoms with van der Waals surface area (Å²) in [5.41, 5.74) is 0.686. The fraction of sp³-hybridized carbons (Fsp3) is 0. The van der Waals surface area contributed by atoms with Crippen LogP contribution in [0, 0.1) is 5.75 Å². The zero-order valence-corrected chi connectivity index (χ0v) is 9.39. The second-order valence-electron chi connectivity index (χ2n) is 3.39. The molecule has 0 fully saturated rings. The largest absolute Gasteiger partial charge is 0.223 e. The number of hydrogen-bond donors (Lipinski definition) is 0. The monoisotopic (exact) mass is 231 g/mol. The van der Waals surface area contributed by atoms with Crippen molar-refractivity contribution in [3.05, 3.63) is 72.0 Å². The average Bonchev–Trinajstić information content (AvgIpc) is 2.31. The quantitative estimate of drug-likeness (QED) is 0.813. The molecule has 2 nitrogen and oxygen atoms in total. The predicted octanol–water partition coefficient (Wildman–Crippen LogP) is 2.67. The summed E-state index contributed by atoms with van der Waals surface area (Å²) in [6, 6.07) is 17.4. The summed E-state index contributed by atoms with van der Waals surface area (Å²) in [4.78, 5) is 0.318. The molecule has 0 N–H and O–H groups in total. The van der Waals surface area contributed by atoms with Gasteiger partial charge in [0.25, 0.3) is 0 Å². The number of rotatable bonds is 3. The van der Waals surface area contributed by atoms with Crippen LogP contribution in [0.3, 0.4) is 0 Å². The molecule has 3 heteroatoms. The van der Waals surface area contributed by atoms with Gasteiger partial charge in [0.1, 0.15) is 5.75 Å². The Bertz CT molecular complexity index is 545. The van der Waals surface area contributed by atoms with Crippen LogP contribution in [-0.2, 0) is 9.84 Å². The Kier molecular flexibility index (Phi) is 3.06. The van der Waals surface area contributed by atoms with Gasteiger partial charge in [0, 0.05) is 0 Å². The fourth-order valence-electron chi connectivity index (χ4n) is 1.39. The van der Waals surface area contributed by atoms with Crippen molar-refractivity contribution in [2.24, 2.45) is 0 Å². The molecule has 0 saturated carbocycles. The van der Waals surface area contributed by atoms with E-state index in [4.69, 9.17) is 0 Å². The maximum absolute atomic E-state index is 11.9. The summed E-state index contributed by atoms with van der Waals surface area (Å²) >= 11 is 0. The summed E-state index contributed by atoms with van der Waals surface area (Å²) in [6.45, 7) is 0. The van der Waals surface area contributed by atoms with Gasteiger partial charge in [0.15, 0.2) is 9.84 Å². The Hall–Kier alpha value is -1.61. The van der Waals surface area contributed by atoms with Gasteiger partial charge in [0.2, 0.25) is 0 Å². The molecule has 2 aromatic rings. The van der Waals surface area contributed by atoms with Gasteiger partial charge in [-0.05, 0) is 17.7 Å². The lowest BCUT2D eigenvalue weighted by molar-refractivity contribution is 0.602. The van der Waals surface area contributed by atoms with E-state index in [0.29, 0.717) is 10.5 Å². The second-order valence-corrected chi connectivity index (χ2v) is 5.18. The molecule has 2 rings (SSSR count). The molecule has 0 aliphatic carbocycles. The van der Waals surface area contributed by atoms with Crippen LogP contribution in [0.1, 0.15) is 5.56 Å². The topological polar surface area (TPSA) is 34.1 Å². The second kappa shape index (κ2) is 4.49. The predicted molar refractivity (Wildman–Crippen MR) is 63.5 cm³/mol. The number of benzene rings is 2. The van der Waals surface area contributed by atoms with Gasteiger partial charge in [-0.2, -0.15) is 0 Å². The summed E-state index contributed by atoms with van der Waals surface area (Å²) in [5.74, 6) is 1.28. The molecule has 0 aliphatic heterocycles. The molecule has 81 valence electrons. The normalized spacial score (nSPS) is 11.2. The van der Waals surface area contributed by atoms with Gasteiger partial charge in [0.05, 0.1) is 4.90 Å². The molecule has 0 spiro atoms. The lowest BCUT2D eigenvalue weighted by Crippen LogP contribution is -2.01.